The number of carboxylic acids is 1. The Balaban J connectivity index is 1.93. The first-order chi connectivity index (χ1) is 9.60. The van der Waals surface area contributed by atoms with Crippen LogP contribution in [0.25, 0.3) is 0 Å². The highest BCUT2D eigenvalue weighted by molar-refractivity contribution is 7.98. The molecule has 0 bridgehead atoms. The van der Waals surface area contributed by atoms with Gasteiger partial charge in [0.05, 0.1) is 5.56 Å². The van der Waals surface area contributed by atoms with Crippen LogP contribution in [-0.4, -0.2) is 17.3 Å². The molecule has 1 aromatic carbocycles. The van der Waals surface area contributed by atoms with Gasteiger partial charge in [0.25, 0.3) is 0 Å². The molecule has 0 saturated heterocycles. The molecule has 0 saturated carbocycles. The van der Waals surface area contributed by atoms with Crippen molar-refractivity contribution >= 4 is 29.1 Å². The number of rotatable bonds is 6. The van der Waals surface area contributed by atoms with Gasteiger partial charge in [0.15, 0.2) is 0 Å². The second-order valence-corrected chi connectivity index (χ2v) is 6.36. The highest BCUT2D eigenvalue weighted by Crippen LogP contribution is 2.20. The van der Waals surface area contributed by atoms with Gasteiger partial charge in [-0.05, 0) is 36.9 Å². The quantitative estimate of drug-likeness (QED) is 0.791. The Kier molecular flexibility index (Phi) is 5.23. The van der Waals surface area contributed by atoms with Gasteiger partial charge in [-0.15, -0.1) is 23.1 Å². The third-order valence-electron chi connectivity index (χ3n) is 3.10. The van der Waals surface area contributed by atoms with Crippen molar-refractivity contribution < 1.29 is 9.90 Å². The van der Waals surface area contributed by atoms with Gasteiger partial charge in [0.1, 0.15) is 0 Å². The van der Waals surface area contributed by atoms with E-state index in [1.807, 2.05) is 0 Å². The van der Waals surface area contributed by atoms with Crippen molar-refractivity contribution in [1.82, 2.24) is 5.32 Å². The normalized spacial score (nSPS) is 12.3. The average Bonchev–Trinajstić information content (AvgIpc) is 2.94. The number of thiophene rings is 1. The summed E-state index contributed by atoms with van der Waals surface area (Å²) in [6.07, 6.45) is 2.06. The fourth-order valence-corrected chi connectivity index (χ4v) is 3.07. The topological polar surface area (TPSA) is 49.3 Å². The molecule has 5 heteroatoms. The van der Waals surface area contributed by atoms with Gasteiger partial charge in [0, 0.05) is 27.7 Å². The fourth-order valence-electron chi connectivity index (χ4n) is 1.85. The Bertz CT molecular complexity index is 578. The lowest BCUT2D eigenvalue weighted by molar-refractivity contribution is 0.0697. The maximum Gasteiger partial charge on any atom is 0.336 e. The molecule has 106 valence electrons. The number of benzene rings is 1. The summed E-state index contributed by atoms with van der Waals surface area (Å²) < 4.78 is 0. The maximum absolute atomic E-state index is 10.8. The zero-order valence-corrected chi connectivity index (χ0v) is 13.1. The molecule has 0 radical (unpaired) electrons. The fraction of sp³-hybridized carbons (Fsp3) is 0.267. The molecule has 0 spiro atoms. The summed E-state index contributed by atoms with van der Waals surface area (Å²) >= 11 is 3.20. The Morgan fingerprint density at radius 2 is 2.10 bits per heavy atom. The Hall–Kier alpha value is -1.30. The lowest BCUT2D eigenvalue weighted by atomic mass is 10.1. The lowest BCUT2D eigenvalue weighted by Crippen LogP contribution is -2.17. The molecule has 0 aliphatic heterocycles. The van der Waals surface area contributed by atoms with E-state index in [0.29, 0.717) is 12.1 Å². The molecule has 0 aliphatic rings. The number of carbonyl (C=O) groups is 1. The van der Waals surface area contributed by atoms with Crippen LogP contribution in [0.4, 0.5) is 0 Å². The zero-order valence-electron chi connectivity index (χ0n) is 11.4. The van der Waals surface area contributed by atoms with Crippen molar-refractivity contribution in [3.05, 3.63) is 51.7 Å². The largest absolute Gasteiger partial charge is 0.478 e. The number of aromatic carboxylic acids is 1. The van der Waals surface area contributed by atoms with E-state index >= 15 is 0 Å². The Labute approximate surface area is 127 Å². The molecule has 3 nitrogen and oxygen atoms in total. The predicted octanol–water partition coefficient (Wildman–Crippen LogP) is 4.02. The molecule has 2 rings (SSSR count). The Morgan fingerprint density at radius 1 is 1.40 bits per heavy atom. The molecular formula is C15H17NO2S2. The lowest BCUT2D eigenvalue weighted by Gasteiger charge is -2.13. The van der Waals surface area contributed by atoms with Crippen LogP contribution in [-0.2, 0) is 6.54 Å². The van der Waals surface area contributed by atoms with Crippen LogP contribution >= 0.6 is 23.1 Å². The van der Waals surface area contributed by atoms with Crippen molar-refractivity contribution in [3.8, 4) is 0 Å². The molecule has 0 aliphatic carbocycles. The second-order valence-electron chi connectivity index (χ2n) is 4.48. The second kappa shape index (κ2) is 6.92. The number of carboxylic acid groups (broad SMARTS) is 1. The Morgan fingerprint density at radius 3 is 2.65 bits per heavy atom. The highest BCUT2D eigenvalue weighted by Gasteiger charge is 2.08. The van der Waals surface area contributed by atoms with Gasteiger partial charge < -0.3 is 10.4 Å². The third-order valence-corrected chi connectivity index (χ3v) is 4.78. The van der Waals surface area contributed by atoms with Gasteiger partial charge in [-0.1, -0.05) is 12.1 Å². The van der Waals surface area contributed by atoms with Gasteiger partial charge in [-0.2, -0.15) is 0 Å². The molecule has 0 amide bonds. The van der Waals surface area contributed by atoms with Crippen molar-refractivity contribution in [2.45, 2.75) is 24.4 Å². The highest BCUT2D eigenvalue weighted by atomic mass is 32.2. The van der Waals surface area contributed by atoms with E-state index in [2.05, 4.69) is 42.8 Å². The van der Waals surface area contributed by atoms with Crippen LogP contribution in [0.3, 0.4) is 0 Å². The summed E-state index contributed by atoms with van der Waals surface area (Å²) in [6, 6.07) is 10.4. The van der Waals surface area contributed by atoms with Gasteiger partial charge >= 0.3 is 5.97 Å². The van der Waals surface area contributed by atoms with Crippen LogP contribution in [0.2, 0.25) is 0 Å². The van der Waals surface area contributed by atoms with E-state index in [4.69, 9.17) is 5.11 Å². The average molecular weight is 307 g/mol. The zero-order chi connectivity index (χ0) is 14.5. The third kappa shape index (κ3) is 3.85. The predicted molar refractivity (Wildman–Crippen MR) is 84.8 cm³/mol. The van der Waals surface area contributed by atoms with Crippen LogP contribution in [0.1, 0.15) is 33.8 Å². The van der Waals surface area contributed by atoms with Crippen molar-refractivity contribution in [2.24, 2.45) is 0 Å². The molecule has 1 atom stereocenters. The maximum atomic E-state index is 10.8. The molecule has 2 aromatic rings. The first-order valence-corrected chi connectivity index (χ1v) is 8.38. The molecular weight excluding hydrogens is 290 g/mol. The van der Waals surface area contributed by atoms with Crippen molar-refractivity contribution in [1.29, 1.82) is 0 Å². The van der Waals surface area contributed by atoms with Crippen LogP contribution in [0, 0.1) is 0 Å². The van der Waals surface area contributed by atoms with E-state index in [0.717, 1.165) is 4.88 Å². The first-order valence-electron chi connectivity index (χ1n) is 6.28. The number of nitrogens with one attached hydrogen (secondary N) is 1. The van der Waals surface area contributed by atoms with E-state index in [1.165, 1.54) is 21.8 Å². The molecule has 1 aromatic heterocycles. The standard InChI is InChI=1S/C15H17NO2S2/c1-10(11-3-5-13(19-2)6-4-11)16-8-14-7-12(9-20-14)15(17)18/h3-7,9-10,16H,8H2,1-2H3,(H,17,18). The molecule has 0 fully saturated rings. The summed E-state index contributed by atoms with van der Waals surface area (Å²) in [5.74, 6) is -0.867. The summed E-state index contributed by atoms with van der Waals surface area (Å²) in [4.78, 5) is 13.1. The summed E-state index contributed by atoms with van der Waals surface area (Å²) in [5, 5.41) is 14.0. The minimum atomic E-state index is -0.867. The van der Waals surface area contributed by atoms with Crippen molar-refractivity contribution in [2.75, 3.05) is 6.26 Å². The minimum Gasteiger partial charge on any atom is -0.478 e. The number of thioether (sulfide) groups is 1. The number of hydrogen-bond donors (Lipinski definition) is 2. The van der Waals surface area contributed by atoms with Gasteiger partial charge in [-0.25, -0.2) is 4.79 Å². The monoisotopic (exact) mass is 307 g/mol. The number of hydrogen-bond acceptors (Lipinski definition) is 4. The van der Waals surface area contributed by atoms with E-state index in [9.17, 15) is 4.79 Å². The van der Waals surface area contributed by atoms with Crippen LogP contribution < -0.4 is 5.32 Å². The smallest absolute Gasteiger partial charge is 0.336 e. The van der Waals surface area contributed by atoms with E-state index in [-0.39, 0.29) is 6.04 Å². The van der Waals surface area contributed by atoms with Gasteiger partial charge in [-0.3, -0.25) is 0 Å². The summed E-state index contributed by atoms with van der Waals surface area (Å²) in [5.41, 5.74) is 1.60. The summed E-state index contributed by atoms with van der Waals surface area (Å²) in [6.45, 7) is 2.79. The van der Waals surface area contributed by atoms with E-state index in [1.54, 1.807) is 23.2 Å². The SMILES string of the molecule is CSc1ccc(C(C)NCc2cc(C(=O)O)cs2)cc1. The molecule has 2 N–H and O–H groups in total. The van der Waals surface area contributed by atoms with Crippen LogP contribution in [0.5, 0.6) is 0 Å². The molecule has 1 heterocycles. The minimum absolute atomic E-state index is 0.237. The molecule has 20 heavy (non-hydrogen) atoms. The van der Waals surface area contributed by atoms with Crippen molar-refractivity contribution in [3.63, 3.8) is 0 Å². The van der Waals surface area contributed by atoms with Gasteiger partial charge in [0.2, 0.25) is 0 Å². The first kappa shape index (κ1) is 15.1. The summed E-state index contributed by atoms with van der Waals surface area (Å²) in [7, 11) is 0. The van der Waals surface area contributed by atoms with Crippen LogP contribution in [0.15, 0.2) is 40.6 Å². The van der Waals surface area contributed by atoms with E-state index < -0.39 is 5.97 Å². The molecule has 1 unspecified atom stereocenters.